The summed E-state index contributed by atoms with van der Waals surface area (Å²) in [5.41, 5.74) is 0.761. The van der Waals surface area contributed by atoms with Gasteiger partial charge in [0.05, 0.1) is 17.1 Å². The summed E-state index contributed by atoms with van der Waals surface area (Å²) in [6.45, 7) is 2.12. The summed E-state index contributed by atoms with van der Waals surface area (Å²) in [4.78, 5) is 24.9. The lowest BCUT2D eigenvalue weighted by Crippen LogP contribution is -2.49. The predicted molar refractivity (Wildman–Crippen MR) is 95.8 cm³/mol. The third-order valence-corrected chi connectivity index (χ3v) is 4.77. The number of aromatic nitrogens is 4. The van der Waals surface area contributed by atoms with Gasteiger partial charge in [-0.1, -0.05) is 11.6 Å². The fourth-order valence-electron chi connectivity index (χ4n) is 3.15. The average Bonchev–Trinajstić information content (AvgIpc) is 3.04. The summed E-state index contributed by atoms with van der Waals surface area (Å²) in [6, 6.07) is 4.01. The van der Waals surface area contributed by atoms with E-state index in [0.717, 1.165) is 16.9 Å². The smallest absolute Gasteiger partial charge is 0.257 e. The fourth-order valence-corrected chi connectivity index (χ4v) is 3.33. The average molecular weight is 375 g/mol. The first-order valence-corrected chi connectivity index (χ1v) is 8.54. The van der Waals surface area contributed by atoms with E-state index >= 15 is 0 Å². The normalized spacial score (nSPS) is 14.9. The Hall–Kier alpha value is -2.74. The van der Waals surface area contributed by atoms with E-state index in [0.29, 0.717) is 31.2 Å². The minimum Gasteiger partial charge on any atom is -0.352 e. The molecule has 9 heteroatoms. The number of carbonyl (C=O) groups excluding carboxylic acids is 1. The Morgan fingerprint density at radius 2 is 1.96 bits per heavy atom. The number of halogens is 2. The summed E-state index contributed by atoms with van der Waals surface area (Å²) in [5, 5.41) is 5.43. The summed E-state index contributed by atoms with van der Waals surface area (Å²) in [7, 11) is 1.83. The van der Waals surface area contributed by atoms with E-state index in [9.17, 15) is 9.18 Å². The number of hydrogen-bond acceptors (Lipinski definition) is 5. The molecular formula is C17H16ClFN6O. The first kappa shape index (κ1) is 16.7. The first-order valence-electron chi connectivity index (χ1n) is 8.16. The molecule has 4 rings (SSSR count). The maximum absolute atomic E-state index is 14.0. The molecule has 0 saturated carbocycles. The molecule has 1 fully saturated rings. The van der Waals surface area contributed by atoms with Gasteiger partial charge in [-0.05, 0) is 18.2 Å². The number of amides is 1. The Kier molecular flexibility index (Phi) is 4.20. The SMILES string of the molecule is Cn1ncc2c(N3CCN(C(=O)c4cc(Cl)ccc4F)CC3)ncnc21. The molecule has 1 aliphatic heterocycles. The molecule has 7 nitrogen and oxygen atoms in total. The molecule has 0 N–H and O–H groups in total. The molecule has 3 aromatic rings. The molecule has 0 aliphatic carbocycles. The van der Waals surface area contributed by atoms with Crippen LogP contribution in [0.15, 0.2) is 30.7 Å². The van der Waals surface area contributed by atoms with Gasteiger partial charge in [0.25, 0.3) is 5.91 Å². The largest absolute Gasteiger partial charge is 0.352 e. The van der Waals surface area contributed by atoms with E-state index in [1.807, 2.05) is 7.05 Å². The second-order valence-corrected chi connectivity index (χ2v) is 6.54. The summed E-state index contributed by atoms with van der Waals surface area (Å²) in [5.74, 6) is -0.113. The van der Waals surface area contributed by atoms with Crippen LogP contribution in [0, 0.1) is 5.82 Å². The second kappa shape index (κ2) is 6.53. The number of fused-ring (bicyclic) bond motifs is 1. The Balaban J connectivity index is 1.52. The Labute approximate surface area is 154 Å². The minimum atomic E-state index is -0.560. The molecule has 26 heavy (non-hydrogen) atoms. The van der Waals surface area contributed by atoms with Crippen LogP contribution >= 0.6 is 11.6 Å². The molecule has 0 bridgehead atoms. The number of carbonyl (C=O) groups is 1. The Morgan fingerprint density at radius 3 is 2.73 bits per heavy atom. The number of hydrogen-bond donors (Lipinski definition) is 0. The van der Waals surface area contributed by atoms with Crippen LogP contribution in [0.3, 0.4) is 0 Å². The van der Waals surface area contributed by atoms with E-state index in [4.69, 9.17) is 11.6 Å². The van der Waals surface area contributed by atoms with Crippen LogP contribution < -0.4 is 4.90 Å². The quantitative estimate of drug-likeness (QED) is 0.687. The lowest BCUT2D eigenvalue weighted by atomic mass is 10.1. The standard InChI is InChI=1S/C17H16ClFN6O/c1-23-15-13(9-22-23)16(21-10-20-15)24-4-6-25(7-5-24)17(26)12-8-11(18)2-3-14(12)19/h2-3,8-10H,4-7H2,1H3. The molecule has 1 amide bonds. The highest BCUT2D eigenvalue weighted by atomic mass is 35.5. The second-order valence-electron chi connectivity index (χ2n) is 6.11. The molecule has 0 radical (unpaired) electrons. The summed E-state index contributed by atoms with van der Waals surface area (Å²) in [6.07, 6.45) is 3.25. The maximum Gasteiger partial charge on any atom is 0.257 e. The van der Waals surface area contributed by atoms with Crippen molar-refractivity contribution in [2.75, 3.05) is 31.1 Å². The van der Waals surface area contributed by atoms with Gasteiger partial charge in [-0.25, -0.2) is 14.4 Å². The summed E-state index contributed by atoms with van der Waals surface area (Å²) < 4.78 is 15.6. The molecule has 0 spiro atoms. The zero-order valence-electron chi connectivity index (χ0n) is 14.1. The van der Waals surface area contributed by atoms with Crippen LogP contribution in [0.25, 0.3) is 11.0 Å². The van der Waals surface area contributed by atoms with Gasteiger partial charge in [0.1, 0.15) is 18.0 Å². The van der Waals surface area contributed by atoms with Crippen molar-refractivity contribution in [1.82, 2.24) is 24.6 Å². The van der Waals surface area contributed by atoms with E-state index in [1.165, 1.54) is 24.5 Å². The van der Waals surface area contributed by atoms with Crippen molar-refractivity contribution in [1.29, 1.82) is 0 Å². The van der Waals surface area contributed by atoms with Crippen molar-refractivity contribution in [2.45, 2.75) is 0 Å². The lowest BCUT2D eigenvalue weighted by molar-refractivity contribution is 0.0742. The molecule has 1 saturated heterocycles. The van der Waals surface area contributed by atoms with E-state index < -0.39 is 5.82 Å². The van der Waals surface area contributed by atoms with Crippen molar-refractivity contribution in [3.05, 3.63) is 47.1 Å². The van der Waals surface area contributed by atoms with Gasteiger partial charge in [-0.15, -0.1) is 0 Å². The molecule has 134 valence electrons. The number of rotatable bonds is 2. The molecule has 3 heterocycles. The van der Waals surface area contributed by atoms with Crippen molar-refractivity contribution in [3.63, 3.8) is 0 Å². The van der Waals surface area contributed by atoms with Crippen molar-refractivity contribution in [2.24, 2.45) is 7.05 Å². The van der Waals surface area contributed by atoms with Crippen LogP contribution in [0.5, 0.6) is 0 Å². The van der Waals surface area contributed by atoms with Crippen molar-refractivity contribution < 1.29 is 9.18 Å². The summed E-state index contributed by atoms with van der Waals surface area (Å²) >= 11 is 5.89. The zero-order chi connectivity index (χ0) is 18.3. The lowest BCUT2D eigenvalue weighted by Gasteiger charge is -2.35. The highest BCUT2D eigenvalue weighted by Gasteiger charge is 2.26. The topological polar surface area (TPSA) is 67.2 Å². The monoisotopic (exact) mass is 374 g/mol. The Bertz CT molecular complexity index is 983. The fraction of sp³-hybridized carbons (Fsp3) is 0.294. The van der Waals surface area contributed by atoms with Crippen LogP contribution in [-0.4, -0.2) is 56.7 Å². The number of nitrogens with zero attached hydrogens (tertiary/aromatic N) is 6. The third kappa shape index (κ3) is 2.86. The van der Waals surface area contributed by atoms with Gasteiger partial charge in [-0.2, -0.15) is 5.10 Å². The minimum absolute atomic E-state index is 0.00244. The van der Waals surface area contributed by atoms with Crippen molar-refractivity contribution in [3.8, 4) is 0 Å². The molecule has 0 unspecified atom stereocenters. The maximum atomic E-state index is 14.0. The predicted octanol–water partition coefficient (Wildman–Crippen LogP) is 2.12. The van der Waals surface area contributed by atoms with Gasteiger partial charge < -0.3 is 9.80 Å². The van der Waals surface area contributed by atoms with Crippen LogP contribution in [0.4, 0.5) is 10.2 Å². The van der Waals surface area contributed by atoms with Gasteiger partial charge in [0.15, 0.2) is 5.65 Å². The van der Waals surface area contributed by atoms with Crippen LogP contribution in [0.2, 0.25) is 5.02 Å². The van der Waals surface area contributed by atoms with Gasteiger partial charge >= 0.3 is 0 Å². The molecule has 0 atom stereocenters. The molecule has 2 aromatic heterocycles. The first-order chi connectivity index (χ1) is 12.5. The molecule has 1 aliphatic rings. The van der Waals surface area contributed by atoms with Crippen LogP contribution in [0.1, 0.15) is 10.4 Å². The number of anilines is 1. The number of benzene rings is 1. The van der Waals surface area contributed by atoms with E-state index in [2.05, 4.69) is 20.0 Å². The van der Waals surface area contributed by atoms with Gasteiger partial charge in [0.2, 0.25) is 0 Å². The zero-order valence-corrected chi connectivity index (χ0v) is 14.8. The van der Waals surface area contributed by atoms with Crippen molar-refractivity contribution >= 4 is 34.4 Å². The molecular weight excluding hydrogens is 359 g/mol. The third-order valence-electron chi connectivity index (χ3n) is 4.53. The molecule has 1 aromatic carbocycles. The number of aryl methyl sites for hydroxylation is 1. The van der Waals surface area contributed by atoms with Crippen LogP contribution in [-0.2, 0) is 7.05 Å². The Morgan fingerprint density at radius 1 is 1.19 bits per heavy atom. The highest BCUT2D eigenvalue weighted by molar-refractivity contribution is 6.31. The van der Waals surface area contributed by atoms with Gasteiger partial charge in [-0.3, -0.25) is 9.48 Å². The number of piperazine rings is 1. The van der Waals surface area contributed by atoms with E-state index in [-0.39, 0.29) is 11.5 Å². The highest BCUT2D eigenvalue weighted by Crippen LogP contribution is 2.24. The van der Waals surface area contributed by atoms with E-state index in [1.54, 1.807) is 15.8 Å². The van der Waals surface area contributed by atoms with Gasteiger partial charge in [0, 0.05) is 38.2 Å².